The SMILES string of the molecule is CCN(Cc1ccc(CN)o1)C1CCCC1. The summed E-state index contributed by atoms with van der Waals surface area (Å²) in [6.07, 6.45) is 5.46. The minimum absolute atomic E-state index is 0.496. The van der Waals surface area contributed by atoms with Gasteiger partial charge in [-0.3, -0.25) is 4.90 Å². The van der Waals surface area contributed by atoms with Crippen LogP contribution in [0.3, 0.4) is 0 Å². The Bertz CT molecular complexity index is 315. The third-order valence-corrected chi connectivity index (χ3v) is 3.52. The predicted molar refractivity (Wildman–Crippen MR) is 64.9 cm³/mol. The molecule has 2 N–H and O–H groups in total. The largest absolute Gasteiger partial charge is 0.463 e. The lowest BCUT2D eigenvalue weighted by Crippen LogP contribution is -2.32. The van der Waals surface area contributed by atoms with E-state index in [4.69, 9.17) is 10.2 Å². The van der Waals surface area contributed by atoms with Gasteiger partial charge in [0, 0.05) is 6.04 Å². The molecule has 0 amide bonds. The lowest BCUT2D eigenvalue weighted by Gasteiger charge is -2.26. The summed E-state index contributed by atoms with van der Waals surface area (Å²) in [6, 6.07) is 4.80. The van der Waals surface area contributed by atoms with Crippen molar-refractivity contribution in [1.29, 1.82) is 0 Å². The number of nitrogens with two attached hydrogens (primary N) is 1. The summed E-state index contributed by atoms with van der Waals surface area (Å²) >= 11 is 0. The van der Waals surface area contributed by atoms with Crippen molar-refractivity contribution in [3.8, 4) is 0 Å². The predicted octanol–water partition coefficient (Wildman–Crippen LogP) is 2.50. The summed E-state index contributed by atoms with van der Waals surface area (Å²) in [6.45, 7) is 4.76. The molecule has 0 unspecified atom stereocenters. The molecule has 1 aliphatic carbocycles. The van der Waals surface area contributed by atoms with Gasteiger partial charge in [0.05, 0.1) is 13.1 Å². The average Bonchev–Trinajstić information content (AvgIpc) is 2.96. The first-order chi connectivity index (χ1) is 7.83. The molecule has 1 heterocycles. The van der Waals surface area contributed by atoms with Crippen molar-refractivity contribution in [3.63, 3.8) is 0 Å². The normalized spacial score (nSPS) is 17.4. The first-order valence-electron chi connectivity index (χ1n) is 6.35. The van der Waals surface area contributed by atoms with Gasteiger partial charge in [-0.2, -0.15) is 0 Å². The van der Waals surface area contributed by atoms with Crippen LogP contribution in [-0.2, 0) is 13.1 Å². The van der Waals surface area contributed by atoms with Gasteiger partial charge in [-0.25, -0.2) is 0 Å². The molecule has 0 saturated heterocycles. The Balaban J connectivity index is 1.94. The van der Waals surface area contributed by atoms with Gasteiger partial charge in [0.25, 0.3) is 0 Å². The molecule has 1 aliphatic rings. The Kier molecular flexibility index (Phi) is 4.02. The number of hydrogen-bond acceptors (Lipinski definition) is 3. The molecule has 2 rings (SSSR count). The van der Waals surface area contributed by atoms with Gasteiger partial charge in [0.15, 0.2) is 0 Å². The fraction of sp³-hybridized carbons (Fsp3) is 0.692. The molecule has 3 nitrogen and oxygen atoms in total. The van der Waals surface area contributed by atoms with Gasteiger partial charge in [0.2, 0.25) is 0 Å². The smallest absolute Gasteiger partial charge is 0.118 e. The van der Waals surface area contributed by atoms with E-state index in [0.29, 0.717) is 6.54 Å². The highest BCUT2D eigenvalue weighted by Gasteiger charge is 2.22. The van der Waals surface area contributed by atoms with Crippen molar-refractivity contribution >= 4 is 0 Å². The average molecular weight is 222 g/mol. The monoisotopic (exact) mass is 222 g/mol. The van der Waals surface area contributed by atoms with Crippen molar-refractivity contribution in [2.24, 2.45) is 5.73 Å². The molecule has 0 bridgehead atoms. The summed E-state index contributed by atoms with van der Waals surface area (Å²) in [5.41, 5.74) is 5.54. The van der Waals surface area contributed by atoms with E-state index >= 15 is 0 Å². The van der Waals surface area contributed by atoms with E-state index in [1.54, 1.807) is 0 Å². The van der Waals surface area contributed by atoms with Crippen LogP contribution in [0.5, 0.6) is 0 Å². The van der Waals surface area contributed by atoms with Gasteiger partial charge in [-0.1, -0.05) is 19.8 Å². The molecule has 0 aliphatic heterocycles. The molecule has 1 saturated carbocycles. The maximum atomic E-state index is 5.66. The van der Waals surface area contributed by atoms with Crippen LogP contribution in [0, 0.1) is 0 Å². The standard InChI is InChI=1S/C13H22N2O/c1-2-15(11-5-3-4-6-11)10-13-8-7-12(9-14)16-13/h7-8,11H,2-6,9-10,14H2,1H3. The Morgan fingerprint density at radius 2 is 2.00 bits per heavy atom. The molecule has 1 aromatic rings. The first kappa shape index (κ1) is 11.7. The molecule has 16 heavy (non-hydrogen) atoms. The fourth-order valence-electron chi connectivity index (χ4n) is 2.59. The summed E-state index contributed by atoms with van der Waals surface area (Å²) in [7, 11) is 0. The van der Waals surface area contributed by atoms with Crippen molar-refractivity contribution in [3.05, 3.63) is 23.7 Å². The van der Waals surface area contributed by atoms with Gasteiger partial charge < -0.3 is 10.2 Å². The molecule has 0 spiro atoms. The highest BCUT2D eigenvalue weighted by atomic mass is 16.3. The molecular formula is C13H22N2O. The number of furan rings is 1. The highest BCUT2D eigenvalue weighted by Crippen LogP contribution is 2.25. The maximum Gasteiger partial charge on any atom is 0.118 e. The van der Waals surface area contributed by atoms with E-state index in [2.05, 4.69) is 17.9 Å². The summed E-state index contributed by atoms with van der Waals surface area (Å²) in [5.74, 6) is 1.94. The highest BCUT2D eigenvalue weighted by molar-refractivity contribution is 5.07. The van der Waals surface area contributed by atoms with E-state index in [9.17, 15) is 0 Å². The zero-order valence-electron chi connectivity index (χ0n) is 10.1. The number of nitrogens with zero attached hydrogens (tertiary/aromatic N) is 1. The summed E-state index contributed by atoms with van der Waals surface area (Å²) in [5, 5.41) is 0. The number of rotatable bonds is 5. The Labute approximate surface area is 97.6 Å². The molecule has 0 atom stereocenters. The molecule has 0 aromatic carbocycles. The third kappa shape index (κ3) is 2.66. The van der Waals surface area contributed by atoms with Crippen molar-refractivity contribution < 1.29 is 4.42 Å². The summed E-state index contributed by atoms with van der Waals surface area (Å²) in [4.78, 5) is 2.52. The second-order valence-corrected chi connectivity index (χ2v) is 4.57. The minimum atomic E-state index is 0.496. The van der Waals surface area contributed by atoms with Crippen molar-refractivity contribution in [1.82, 2.24) is 4.90 Å². The molecule has 3 heteroatoms. The van der Waals surface area contributed by atoms with Gasteiger partial charge in [-0.05, 0) is 31.5 Å². The zero-order chi connectivity index (χ0) is 11.4. The minimum Gasteiger partial charge on any atom is -0.463 e. The van der Waals surface area contributed by atoms with E-state index in [1.807, 2.05) is 6.07 Å². The van der Waals surface area contributed by atoms with Crippen LogP contribution in [0.4, 0.5) is 0 Å². The van der Waals surface area contributed by atoms with E-state index < -0.39 is 0 Å². The fourth-order valence-corrected chi connectivity index (χ4v) is 2.59. The second kappa shape index (κ2) is 5.51. The second-order valence-electron chi connectivity index (χ2n) is 4.57. The van der Waals surface area contributed by atoms with Crippen LogP contribution >= 0.6 is 0 Å². The molecule has 1 aromatic heterocycles. The van der Waals surface area contributed by atoms with E-state index in [0.717, 1.165) is 30.7 Å². The molecule has 1 fully saturated rings. The van der Waals surface area contributed by atoms with E-state index in [-0.39, 0.29) is 0 Å². The third-order valence-electron chi connectivity index (χ3n) is 3.52. The van der Waals surface area contributed by atoms with Crippen LogP contribution in [0.1, 0.15) is 44.1 Å². The lowest BCUT2D eigenvalue weighted by molar-refractivity contribution is 0.184. The van der Waals surface area contributed by atoms with Crippen molar-refractivity contribution in [2.45, 2.75) is 51.7 Å². The van der Waals surface area contributed by atoms with Gasteiger partial charge >= 0.3 is 0 Å². The quantitative estimate of drug-likeness (QED) is 0.832. The lowest BCUT2D eigenvalue weighted by atomic mass is 10.2. The van der Waals surface area contributed by atoms with Crippen LogP contribution in [0.15, 0.2) is 16.5 Å². The molecule has 0 radical (unpaired) electrons. The van der Waals surface area contributed by atoms with Crippen LogP contribution in [-0.4, -0.2) is 17.5 Å². The number of hydrogen-bond donors (Lipinski definition) is 1. The van der Waals surface area contributed by atoms with Gasteiger partial charge in [0.1, 0.15) is 11.5 Å². The van der Waals surface area contributed by atoms with Gasteiger partial charge in [-0.15, -0.1) is 0 Å². The summed E-state index contributed by atoms with van der Waals surface area (Å²) < 4.78 is 5.66. The Hall–Kier alpha value is -0.800. The van der Waals surface area contributed by atoms with Crippen molar-refractivity contribution in [2.75, 3.05) is 6.54 Å². The topological polar surface area (TPSA) is 42.4 Å². The Morgan fingerprint density at radius 1 is 1.31 bits per heavy atom. The van der Waals surface area contributed by atoms with E-state index in [1.165, 1.54) is 25.7 Å². The first-order valence-corrected chi connectivity index (χ1v) is 6.35. The zero-order valence-corrected chi connectivity index (χ0v) is 10.1. The van der Waals surface area contributed by atoms with Crippen LogP contribution < -0.4 is 5.73 Å². The maximum absolute atomic E-state index is 5.66. The van der Waals surface area contributed by atoms with Crippen LogP contribution in [0.2, 0.25) is 0 Å². The van der Waals surface area contributed by atoms with Crippen LogP contribution in [0.25, 0.3) is 0 Å². The molecular weight excluding hydrogens is 200 g/mol. The Morgan fingerprint density at radius 3 is 2.56 bits per heavy atom. The molecule has 90 valence electrons.